The zero-order chi connectivity index (χ0) is 14.0. The lowest BCUT2D eigenvalue weighted by Crippen LogP contribution is -2.18. The highest BCUT2D eigenvalue weighted by atomic mass is 79.9. The number of pyridine rings is 1. The molecule has 2 aromatic rings. The van der Waals surface area contributed by atoms with E-state index in [0.29, 0.717) is 10.2 Å². The van der Waals surface area contributed by atoms with Crippen LogP contribution in [0, 0.1) is 6.92 Å². The monoisotopic (exact) mass is 347 g/mol. The van der Waals surface area contributed by atoms with E-state index in [4.69, 9.17) is 10.3 Å². The zero-order valence-corrected chi connectivity index (χ0v) is 12.1. The lowest BCUT2D eigenvalue weighted by atomic mass is 10.5. The van der Waals surface area contributed by atoms with Crippen molar-refractivity contribution in [1.29, 1.82) is 0 Å². The van der Waals surface area contributed by atoms with Crippen LogP contribution < -0.4 is 16.0 Å². The second-order valence-corrected chi connectivity index (χ2v) is 6.11. The van der Waals surface area contributed by atoms with Crippen molar-refractivity contribution >= 4 is 37.8 Å². The molecule has 2 rings (SSSR count). The van der Waals surface area contributed by atoms with Gasteiger partial charge in [0.15, 0.2) is 5.82 Å². The van der Waals surface area contributed by atoms with E-state index in [9.17, 15) is 8.42 Å². The van der Waals surface area contributed by atoms with Gasteiger partial charge in [0.1, 0.15) is 11.2 Å². The molecule has 0 saturated carbocycles. The van der Waals surface area contributed by atoms with Crippen molar-refractivity contribution in [3.8, 4) is 0 Å². The molecule has 8 nitrogen and oxygen atoms in total. The number of nitrogens with two attached hydrogens (primary N) is 1. The number of nitrogen functional groups attached to an aromatic ring is 1. The van der Waals surface area contributed by atoms with Crippen LogP contribution >= 0.6 is 15.9 Å². The number of aryl methyl sites for hydroxylation is 1. The molecule has 0 radical (unpaired) electrons. The van der Waals surface area contributed by atoms with Gasteiger partial charge in [-0.15, -0.1) is 0 Å². The SMILES string of the molecule is Cc1coc(NS(=O)(=O)c2cc(Br)cnc2NN)n1. The molecule has 2 aromatic heterocycles. The Labute approximate surface area is 117 Å². The number of rotatable bonds is 4. The summed E-state index contributed by atoms with van der Waals surface area (Å²) >= 11 is 3.15. The zero-order valence-electron chi connectivity index (χ0n) is 9.71. The Morgan fingerprint density at radius 2 is 2.21 bits per heavy atom. The van der Waals surface area contributed by atoms with Crippen molar-refractivity contribution in [3.05, 3.63) is 28.7 Å². The van der Waals surface area contributed by atoms with Gasteiger partial charge in [-0.25, -0.2) is 24.0 Å². The molecule has 0 spiro atoms. The molecule has 0 unspecified atom stereocenters. The third kappa shape index (κ3) is 3.03. The number of nitrogens with zero attached hydrogens (tertiary/aromatic N) is 2. The molecule has 2 heterocycles. The van der Waals surface area contributed by atoms with Crippen molar-refractivity contribution in [3.63, 3.8) is 0 Å². The second-order valence-electron chi connectivity index (χ2n) is 3.54. The fourth-order valence-corrected chi connectivity index (χ4v) is 2.87. The number of hydrazine groups is 1. The second kappa shape index (κ2) is 5.15. The first-order valence-electron chi connectivity index (χ1n) is 4.99. The molecule has 102 valence electrons. The van der Waals surface area contributed by atoms with Gasteiger partial charge in [-0.1, -0.05) is 0 Å². The lowest BCUT2D eigenvalue weighted by molar-refractivity contribution is 0.569. The fourth-order valence-electron chi connectivity index (χ4n) is 1.30. The molecule has 0 atom stereocenters. The molecule has 0 amide bonds. The Balaban J connectivity index is 2.41. The summed E-state index contributed by atoms with van der Waals surface area (Å²) < 4.78 is 32.0. The van der Waals surface area contributed by atoms with Gasteiger partial charge in [0.2, 0.25) is 0 Å². The maximum Gasteiger partial charge on any atom is 0.309 e. The lowest BCUT2D eigenvalue weighted by Gasteiger charge is -2.09. The standard InChI is InChI=1S/C9H10BrN5O3S/c1-5-4-18-9(13-5)15-19(16,17)7-2-6(10)3-12-8(7)14-11/h2-4H,11H2,1H3,(H,12,14)(H,13,15). The van der Waals surface area contributed by atoms with Gasteiger partial charge in [0.25, 0.3) is 10.0 Å². The smallest absolute Gasteiger partial charge is 0.309 e. The number of hydrogen-bond acceptors (Lipinski definition) is 7. The molecule has 4 N–H and O–H groups in total. The van der Waals surface area contributed by atoms with Crippen LogP contribution in [0.5, 0.6) is 0 Å². The van der Waals surface area contributed by atoms with Crippen LogP contribution in [-0.2, 0) is 10.0 Å². The molecule has 0 bridgehead atoms. The number of halogens is 1. The van der Waals surface area contributed by atoms with E-state index in [1.165, 1.54) is 18.5 Å². The maximum absolute atomic E-state index is 12.2. The van der Waals surface area contributed by atoms with Crippen LogP contribution in [0.15, 0.2) is 32.3 Å². The van der Waals surface area contributed by atoms with E-state index >= 15 is 0 Å². The number of sulfonamides is 1. The van der Waals surface area contributed by atoms with Crippen molar-refractivity contribution in [2.45, 2.75) is 11.8 Å². The van der Waals surface area contributed by atoms with Crippen molar-refractivity contribution in [2.24, 2.45) is 5.84 Å². The van der Waals surface area contributed by atoms with Crippen LogP contribution in [0.1, 0.15) is 5.69 Å². The van der Waals surface area contributed by atoms with E-state index in [1.54, 1.807) is 6.92 Å². The van der Waals surface area contributed by atoms with Crippen LogP contribution in [0.3, 0.4) is 0 Å². The highest BCUT2D eigenvalue weighted by Crippen LogP contribution is 2.24. The topological polar surface area (TPSA) is 123 Å². The predicted octanol–water partition coefficient (Wildman–Crippen LogP) is 1.23. The Hall–Kier alpha value is -1.65. The number of oxazole rings is 1. The Morgan fingerprint density at radius 1 is 1.47 bits per heavy atom. The molecule has 0 aliphatic rings. The first-order chi connectivity index (χ1) is 8.92. The summed E-state index contributed by atoms with van der Waals surface area (Å²) in [6.07, 6.45) is 2.75. The molecule has 0 aliphatic carbocycles. The molecule has 0 fully saturated rings. The summed E-state index contributed by atoms with van der Waals surface area (Å²) in [4.78, 5) is 7.59. The van der Waals surface area contributed by atoms with Gasteiger partial charge in [0, 0.05) is 10.7 Å². The normalized spacial score (nSPS) is 11.3. The maximum atomic E-state index is 12.2. The molecule has 0 saturated heterocycles. The first kappa shape index (κ1) is 13.8. The average Bonchev–Trinajstić information content (AvgIpc) is 2.74. The minimum absolute atomic E-state index is 0.0129. The fraction of sp³-hybridized carbons (Fsp3) is 0.111. The quantitative estimate of drug-likeness (QED) is 0.561. The predicted molar refractivity (Wildman–Crippen MR) is 71.8 cm³/mol. The van der Waals surface area contributed by atoms with E-state index in [2.05, 4.69) is 36.0 Å². The Morgan fingerprint density at radius 3 is 2.79 bits per heavy atom. The van der Waals surface area contributed by atoms with Gasteiger partial charge >= 0.3 is 6.01 Å². The molecule has 0 aliphatic heterocycles. The summed E-state index contributed by atoms with van der Waals surface area (Å²) in [6, 6.07) is 1.24. The summed E-state index contributed by atoms with van der Waals surface area (Å²) in [5.41, 5.74) is 2.78. The minimum atomic E-state index is -3.91. The molecular formula is C9H10BrN5O3S. The highest BCUT2D eigenvalue weighted by molar-refractivity contribution is 9.10. The van der Waals surface area contributed by atoms with Crippen molar-refractivity contribution in [1.82, 2.24) is 9.97 Å². The summed E-state index contributed by atoms with van der Waals surface area (Å²) in [6.45, 7) is 1.68. The van der Waals surface area contributed by atoms with Gasteiger partial charge < -0.3 is 9.84 Å². The highest BCUT2D eigenvalue weighted by Gasteiger charge is 2.22. The van der Waals surface area contributed by atoms with Gasteiger partial charge in [0.05, 0.1) is 5.69 Å². The Kier molecular flexibility index (Phi) is 3.73. The van der Waals surface area contributed by atoms with E-state index < -0.39 is 10.0 Å². The largest absolute Gasteiger partial charge is 0.431 e. The number of hydrogen-bond donors (Lipinski definition) is 3. The van der Waals surface area contributed by atoms with Crippen molar-refractivity contribution in [2.75, 3.05) is 10.1 Å². The van der Waals surface area contributed by atoms with Crippen LogP contribution in [0.25, 0.3) is 0 Å². The molecular weight excluding hydrogens is 338 g/mol. The summed E-state index contributed by atoms with van der Waals surface area (Å²) in [7, 11) is -3.91. The Bertz CT molecular complexity index is 700. The average molecular weight is 348 g/mol. The molecule has 0 aromatic carbocycles. The molecule has 10 heteroatoms. The van der Waals surface area contributed by atoms with Gasteiger partial charge in [-0.05, 0) is 28.9 Å². The van der Waals surface area contributed by atoms with Crippen LogP contribution in [0.2, 0.25) is 0 Å². The number of nitrogens with one attached hydrogen (secondary N) is 2. The van der Waals surface area contributed by atoms with E-state index in [0.717, 1.165) is 0 Å². The molecule has 19 heavy (non-hydrogen) atoms. The van der Waals surface area contributed by atoms with Crippen molar-refractivity contribution < 1.29 is 12.8 Å². The van der Waals surface area contributed by atoms with Crippen LogP contribution in [0.4, 0.5) is 11.8 Å². The van der Waals surface area contributed by atoms with E-state index in [1.807, 2.05) is 0 Å². The van der Waals surface area contributed by atoms with Crippen LogP contribution in [-0.4, -0.2) is 18.4 Å². The third-order valence-corrected chi connectivity index (χ3v) is 3.85. The summed E-state index contributed by atoms with van der Waals surface area (Å²) in [5.74, 6) is 5.25. The summed E-state index contributed by atoms with van der Waals surface area (Å²) in [5, 5.41) is 0. The van der Waals surface area contributed by atoms with E-state index in [-0.39, 0.29) is 16.7 Å². The van der Waals surface area contributed by atoms with Gasteiger partial charge in [-0.2, -0.15) is 4.98 Å². The first-order valence-corrected chi connectivity index (χ1v) is 7.27. The third-order valence-electron chi connectivity index (χ3n) is 2.09. The number of aromatic nitrogens is 2. The van der Waals surface area contributed by atoms with Gasteiger partial charge in [-0.3, -0.25) is 0 Å². The minimum Gasteiger partial charge on any atom is -0.431 e. The number of anilines is 2.